The van der Waals surface area contributed by atoms with Gasteiger partial charge in [0.1, 0.15) is 10.1 Å². The van der Waals surface area contributed by atoms with Crippen LogP contribution in [0.15, 0.2) is 42.5 Å². The first-order chi connectivity index (χ1) is 9.00. The summed E-state index contributed by atoms with van der Waals surface area (Å²) in [6.45, 7) is 1.83. The van der Waals surface area contributed by atoms with Gasteiger partial charge in [0.15, 0.2) is 5.78 Å². The van der Waals surface area contributed by atoms with Gasteiger partial charge in [0, 0.05) is 5.56 Å². The first-order valence-corrected chi connectivity index (χ1v) is 6.89. The third-order valence-corrected chi connectivity index (χ3v) is 4.65. The number of carbonyl (C=O) groups excluding carboxylic acids is 1. The SMILES string of the molecule is Cc1cc(F)cc(C2(Br)Cc3ccccc3C2=O)c1. The Balaban J connectivity index is 2.14. The number of alkyl halides is 1. The summed E-state index contributed by atoms with van der Waals surface area (Å²) in [5.74, 6) is -0.300. The van der Waals surface area contributed by atoms with Gasteiger partial charge < -0.3 is 0 Å². The van der Waals surface area contributed by atoms with Crippen LogP contribution >= 0.6 is 15.9 Å². The van der Waals surface area contributed by atoms with Crippen LogP contribution in [0.2, 0.25) is 0 Å². The van der Waals surface area contributed by atoms with Crippen LogP contribution in [0.5, 0.6) is 0 Å². The van der Waals surface area contributed by atoms with Gasteiger partial charge in [0.25, 0.3) is 0 Å². The second-order valence-corrected chi connectivity index (χ2v) is 6.34. The first kappa shape index (κ1) is 12.5. The molecule has 0 spiro atoms. The van der Waals surface area contributed by atoms with Gasteiger partial charge in [0.05, 0.1) is 0 Å². The first-order valence-electron chi connectivity index (χ1n) is 6.10. The molecule has 3 heteroatoms. The minimum atomic E-state index is -0.830. The van der Waals surface area contributed by atoms with E-state index >= 15 is 0 Å². The number of aryl methyl sites for hydroxylation is 1. The Morgan fingerprint density at radius 3 is 2.63 bits per heavy atom. The number of rotatable bonds is 1. The predicted molar refractivity (Wildman–Crippen MR) is 76.2 cm³/mol. The molecule has 3 rings (SSSR count). The molecule has 0 heterocycles. The van der Waals surface area contributed by atoms with E-state index in [9.17, 15) is 9.18 Å². The monoisotopic (exact) mass is 318 g/mol. The van der Waals surface area contributed by atoms with Gasteiger partial charge in [-0.3, -0.25) is 4.79 Å². The zero-order valence-electron chi connectivity index (χ0n) is 10.4. The summed E-state index contributed by atoms with van der Waals surface area (Å²) in [5.41, 5.74) is 3.23. The standard InChI is InChI=1S/C16H12BrFO/c1-10-6-12(8-13(18)7-10)16(17)9-11-4-2-3-5-14(11)15(16)19/h2-8H,9H2,1H3. The Labute approximate surface area is 119 Å². The average Bonchev–Trinajstić information content (AvgIpc) is 2.62. The quantitative estimate of drug-likeness (QED) is 0.721. The lowest BCUT2D eigenvalue weighted by molar-refractivity contribution is 0.0960. The van der Waals surface area contributed by atoms with Crippen molar-refractivity contribution < 1.29 is 9.18 Å². The Kier molecular flexibility index (Phi) is 2.82. The highest BCUT2D eigenvalue weighted by Crippen LogP contribution is 2.44. The van der Waals surface area contributed by atoms with Crippen molar-refractivity contribution in [2.45, 2.75) is 17.7 Å². The lowest BCUT2D eigenvalue weighted by atomic mass is 9.93. The molecule has 1 atom stereocenters. The molecule has 19 heavy (non-hydrogen) atoms. The van der Waals surface area contributed by atoms with Crippen LogP contribution in [0.3, 0.4) is 0 Å². The molecule has 96 valence electrons. The number of hydrogen-bond acceptors (Lipinski definition) is 1. The van der Waals surface area contributed by atoms with Gasteiger partial charge in [-0.25, -0.2) is 4.39 Å². The molecule has 2 aromatic rings. The lowest BCUT2D eigenvalue weighted by Crippen LogP contribution is -2.25. The highest BCUT2D eigenvalue weighted by Gasteiger charge is 2.44. The molecular formula is C16H12BrFO. The Hall–Kier alpha value is -1.48. The fourth-order valence-corrected chi connectivity index (χ4v) is 3.39. The molecule has 0 saturated heterocycles. The fraction of sp³-hybridized carbons (Fsp3) is 0.188. The second kappa shape index (κ2) is 4.27. The van der Waals surface area contributed by atoms with E-state index in [2.05, 4.69) is 15.9 Å². The molecule has 2 aromatic carbocycles. The third-order valence-electron chi connectivity index (χ3n) is 3.56. The zero-order chi connectivity index (χ0) is 13.6. The van der Waals surface area contributed by atoms with Gasteiger partial charge >= 0.3 is 0 Å². The molecule has 0 amide bonds. The molecule has 0 aromatic heterocycles. The molecule has 1 aliphatic carbocycles. The average molecular weight is 319 g/mol. The van der Waals surface area contributed by atoms with Crippen molar-refractivity contribution in [2.24, 2.45) is 0 Å². The molecule has 1 aliphatic rings. The molecular weight excluding hydrogens is 307 g/mol. The van der Waals surface area contributed by atoms with E-state index in [0.717, 1.165) is 16.7 Å². The summed E-state index contributed by atoms with van der Waals surface area (Å²) in [6.07, 6.45) is 0.560. The highest BCUT2D eigenvalue weighted by atomic mass is 79.9. The maximum absolute atomic E-state index is 13.6. The van der Waals surface area contributed by atoms with E-state index in [1.807, 2.05) is 37.3 Å². The Morgan fingerprint density at radius 2 is 1.95 bits per heavy atom. The van der Waals surface area contributed by atoms with E-state index in [1.165, 1.54) is 12.1 Å². The van der Waals surface area contributed by atoms with Crippen LogP contribution < -0.4 is 0 Å². The molecule has 0 fully saturated rings. The number of fused-ring (bicyclic) bond motifs is 1. The van der Waals surface area contributed by atoms with E-state index < -0.39 is 4.32 Å². The van der Waals surface area contributed by atoms with Crippen molar-refractivity contribution in [3.63, 3.8) is 0 Å². The zero-order valence-corrected chi connectivity index (χ0v) is 12.0. The molecule has 1 nitrogen and oxygen atoms in total. The largest absolute Gasteiger partial charge is 0.292 e. The van der Waals surface area contributed by atoms with Gasteiger partial charge in [-0.15, -0.1) is 0 Å². The summed E-state index contributed by atoms with van der Waals surface area (Å²) >= 11 is 3.55. The Bertz CT molecular complexity index is 660. The van der Waals surface area contributed by atoms with Crippen molar-refractivity contribution in [3.8, 4) is 0 Å². The lowest BCUT2D eigenvalue weighted by Gasteiger charge is -2.21. The highest BCUT2D eigenvalue weighted by molar-refractivity contribution is 9.10. The van der Waals surface area contributed by atoms with E-state index in [0.29, 0.717) is 12.0 Å². The second-order valence-electron chi connectivity index (χ2n) is 4.98. The minimum absolute atomic E-state index is 0.00750. The minimum Gasteiger partial charge on any atom is -0.292 e. The summed E-state index contributed by atoms with van der Waals surface area (Å²) < 4.78 is 12.7. The predicted octanol–water partition coefficient (Wildman–Crippen LogP) is 4.16. The number of benzene rings is 2. The van der Waals surface area contributed by atoms with Crippen LogP contribution in [0.4, 0.5) is 4.39 Å². The van der Waals surface area contributed by atoms with Crippen LogP contribution in [0, 0.1) is 12.7 Å². The molecule has 1 unspecified atom stereocenters. The number of hydrogen-bond donors (Lipinski definition) is 0. The van der Waals surface area contributed by atoms with Crippen molar-refractivity contribution in [3.05, 3.63) is 70.5 Å². The summed E-state index contributed by atoms with van der Waals surface area (Å²) in [6, 6.07) is 12.3. The third kappa shape index (κ3) is 1.93. The number of Topliss-reactive ketones (excluding diaryl/α,β-unsaturated/α-hetero) is 1. The topological polar surface area (TPSA) is 17.1 Å². The number of carbonyl (C=O) groups is 1. The van der Waals surface area contributed by atoms with Crippen LogP contribution in [-0.4, -0.2) is 5.78 Å². The van der Waals surface area contributed by atoms with E-state index in [1.54, 1.807) is 0 Å². The molecule has 0 aliphatic heterocycles. The van der Waals surface area contributed by atoms with Crippen LogP contribution in [-0.2, 0) is 10.7 Å². The maximum atomic E-state index is 13.6. The van der Waals surface area contributed by atoms with Crippen molar-refractivity contribution >= 4 is 21.7 Å². The van der Waals surface area contributed by atoms with Crippen molar-refractivity contribution in [2.75, 3.05) is 0 Å². The Morgan fingerprint density at radius 1 is 1.21 bits per heavy atom. The van der Waals surface area contributed by atoms with Crippen LogP contribution in [0.25, 0.3) is 0 Å². The van der Waals surface area contributed by atoms with E-state index in [4.69, 9.17) is 0 Å². The smallest absolute Gasteiger partial charge is 0.184 e. The van der Waals surface area contributed by atoms with Gasteiger partial charge in [-0.05, 0) is 42.2 Å². The summed E-state index contributed by atoms with van der Waals surface area (Å²) in [7, 11) is 0. The summed E-state index contributed by atoms with van der Waals surface area (Å²) in [5, 5.41) is 0. The van der Waals surface area contributed by atoms with Crippen molar-refractivity contribution in [1.29, 1.82) is 0 Å². The van der Waals surface area contributed by atoms with Crippen LogP contribution in [0.1, 0.15) is 27.0 Å². The fourth-order valence-electron chi connectivity index (χ4n) is 2.65. The summed E-state index contributed by atoms with van der Waals surface area (Å²) in [4.78, 5) is 12.6. The molecule has 0 N–H and O–H groups in total. The van der Waals surface area contributed by atoms with Gasteiger partial charge in [-0.2, -0.15) is 0 Å². The van der Waals surface area contributed by atoms with Gasteiger partial charge in [0.2, 0.25) is 0 Å². The number of halogens is 2. The maximum Gasteiger partial charge on any atom is 0.184 e. The molecule has 0 radical (unpaired) electrons. The molecule has 0 bridgehead atoms. The van der Waals surface area contributed by atoms with E-state index in [-0.39, 0.29) is 11.6 Å². The normalized spacial score (nSPS) is 21.5. The number of ketones is 1. The molecule has 0 saturated carbocycles. The van der Waals surface area contributed by atoms with Crippen molar-refractivity contribution in [1.82, 2.24) is 0 Å². The van der Waals surface area contributed by atoms with Gasteiger partial charge in [-0.1, -0.05) is 46.3 Å².